The van der Waals surface area contributed by atoms with Crippen LogP contribution in [0.4, 0.5) is 11.4 Å². The maximum Gasteiger partial charge on any atom is 0.255 e. The third-order valence-corrected chi connectivity index (χ3v) is 2.92. The number of nitrogen functional groups attached to an aromatic ring is 1. The number of rotatable bonds is 2. The molecule has 0 aliphatic carbocycles. The Labute approximate surface area is 114 Å². The van der Waals surface area contributed by atoms with Gasteiger partial charge in [0.15, 0.2) is 0 Å². The van der Waals surface area contributed by atoms with E-state index in [1.807, 2.05) is 0 Å². The molecule has 0 unspecified atom stereocenters. The summed E-state index contributed by atoms with van der Waals surface area (Å²) in [7, 11) is 1.61. The van der Waals surface area contributed by atoms with Gasteiger partial charge in [-0.1, -0.05) is 11.6 Å². The summed E-state index contributed by atoms with van der Waals surface area (Å²) in [4.78, 5) is 23.4. The molecule has 19 heavy (non-hydrogen) atoms. The van der Waals surface area contributed by atoms with Crippen molar-refractivity contribution in [3.05, 3.63) is 57.5 Å². The van der Waals surface area contributed by atoms with Gasteiger partial charge in [-0.15, -0.1) is 0 Å². The highest BCUT2D eigenvalue weighted by atomic mass is 35.5. The lowest BCUT2D eigenvalue weighted by Gasteiger charge is -2.08. The number of hydrogen-bond acceptors (Lipinski definition) is 3. The zero-order valence-corrected chi connectivity index (χ0v) is 10.9. The van der Waals surface area contributed by atoms with Gasteiger partial charge in [0, 0.05) is 30.6 Å². The SMILES string of the molecule is Cn1ccc(C(=O)Nc2ccc(N)cc2Cl)cc1=O. The number of aryl methyl sites for hydroxylation is 1. The predicted octanol–water partition coefficient (Wildman–Crippen LogP) is 1.87. The van der Waals surface area contributed by atoms with Crippen molar-refractivity contribution >= 4 is 28.9 Å². The van der Waals surface area contributed by atoms with Crippen LogP contribution in [0.25, 0.3) is 0 Å². The van der Waals surface area contributed by atoms with Crippen LogP contribution < -0.4 is 16.6 Å². The van der Waals surface area contributed by atoms with E-state index in [2.05, 4.69) is 5.32 Å². The molecule has 0 aliphatic heterocycles. The summed E-state index contributed by atoms with van der Waals surface area (Å²) in [5.74, 6) is -0.399. The Balaban J connectivity index is 2.25. The van der Waals surface area contributed by atoms with Crippen molar-refractivity contribution in [3.63, 3.8) is 0 Å². The van der Waals surface area contributed by atoms with Crippen molar-refractivity contribution in [2.24, 2.45) is 7.05 Å². The van der Waals surface area contributed by atoms with Crippen molar-refractivity contribution in [1.29, 1.82) is 0 Å². The number of anilines is 2. The Hall–Kier alpha value is -2.27. The van der Waals surface area contributed by atoms with E-state index in [0.717, 1.165) is 0 Å². The van der Waals surface area contributed by atoms with Crippen LogP contribution in [0.3, 0.4) is 0 Å². The molecule has 0 bridgehead atoms. The zero-order chi connectivity index (χ0) is 14.0. The topological polar surface area (TPSA) is 77.1 Å². The first-order chi connectivity index (χ1) is 8.97. The maximum absolute atomic E-state index is 12.0. The monoisotopic (exact) mass is 277 g/mol. The van der Waals surface area contributed by atoms with Crippen molar-refractivity contribution in [1.82, 2.24) is 4.57 Å². The Kier molecular flexibility index (Phi) is 3.57. The average Bonchev–Trinajstić information content (AvgIpc) is 2.36. The Morgan fingerprint density at radius 3 is 2.68 bits per heavy atom. The first-order valence-electron chi connectivity index (χ1n) is 5.50. The third-order valence-electron chi connectivity index (χ3n) is 2.61. The summed E-state index contributed by atoms with van der Waals surface area (Å²) in [5, 5.41) is 2.97. The van der Waals surface area contributed by atoms with Crippen LogP contribution in [0.1, 0.15) is 10.4 Å². The number of nitrogens with zero attached hydrogens (tertiary/aromatic N) is 1. The Bertz CT molecular complexity index is 695. The lowest BCUT2D eigenvalue weighted by molar-refractivity contribution is 0.102. The van der Waals surface area contributed by atoms with Crippen molar-refractivity contribution in [2.75, 3.05) is 11.1 Å². The number of benzene rings is 1. The van der Waals surface area contributed by atoms with E-state index in [9.17, 15) is 9.59 Å². The lowest BCUT2D eigenvalue weighted by atomic mass is 10.2. The van der Waals surface area contributed by atoms with Crippen LogP contribution >= 0.6 is 11.6 Å². The van der Waals surface area contributed by atoms with Gasteiger partial charge in [-0.25, -0.2) is 0 Å². The van der Waals surface area contributed by atoms with Gasteiger partial charge in [0.2, 0.25) is 0 Å². The van der Waals surface area contributed by atoms with Gasteiger partial charge in [-0.05, 0) is 24.3 Å². The quantitative estimate of drug-likeness (QED) is 0.823. The van der Waals surface area contributed by atoms with Gasteiger partial charge >= 0.3 is 0 Å². The molecule has 5 nitrogen and oxygen atoms in total. The number of amides is 1. The highest BCUT2D eigenvalue weighted by Gasteiger charge is 2.09. The van der Waals surface area contributed by atoms with Gasteiger partial charge < -0.3 is 15.6 Å². The fourth-order valence-electron chi connectivity index (χ4n) is 1.52. The highest BCUT2D eigenvalue weighted by Crippen LogP contribution is 2.24. The van der Waals surface area contributed by atoms with Crippen LogP contribution in [0.15, 0.2) is 41.3 Å². The molecule has 1 amide bonds. The van der Waals surface area contributed by atoms with Gasteiger partial charge in [-0.3, -0.25) is 9.59 Å². The van der Waals surface area contributed by atoms with E-state index < -0.39 is 5.91 Å². The molecule has 0 saturated heterocycles. The minimum Gasteiger partial charge on any atom is -0.399 e. The van der Waals surface area contributed by atoms with Gasteiger partial charge in [0.25, 0.3) is 11.5 Å². The van der Waals surface area contributed by atoms with E-state index in [0.29, 0.717) is 16.4 Å². The Morgan fingerprint density at radius 2 is 2.05 bits per heavy atom. The number of nitrogens with two attached hydrogens (primary N) is 1. The van der Waals surface area contributed by atoms with Crippen LogP contribution in [-0.2, 0) is 7.05 Å². The second-order valence-corrected chi connectivity index (χ2v) is 4.47. The van der Waals surface area contributed by atoms with E-state index in [-0.39, 0.29) is 11.1 Å². The number of nitrogens with one attached hydrogen (secondary N) is 1. The van der Waals surface area contributed by atoms with Gasteiger partial charge in [0.1, 0.15) is 0 Å². The average molecular weight is 278 g/mol. The van der Waals surface area contributed by atoms with Crippen LogP contribution in [-0.4, -0.2) is 10.5 Å². The first-order valence-corrected chi connectivity index (χ1v) is 5.88. The van der Waals surface area contributed by atoms with Gasteiger partial charge in [0.05, 0.1) is 10.7 Å². The molecule has 0 fully saturated rings. The minimum absolute atomic E-state index is 0.254. The summed E-state index contributed by atoms with van der Waals surface area (Å²) < 4.78 is 1.38. The zero-order valence-electron chi connectivity index (χ0n) is 10.2. The number of aromatic nitrogens is 1. The smallest absolute Gasteiger partial charge is 0.255 e. The molecule has 3 N–H and O–H groups in total. The molecular formula is C13H12ClN3O2. The van der Waals surface area contributed by atoms with Gasteiger partial charge in [-0.2, -0.15) is 0 Å². The van der Waals surface area contributed by atoms with E-state index >= 15 is 0 Å². The second-order valence-electron chi connectivity index (χ2n) is 4.06. The Morgan fingerprint density at radius 1 is 1.32 bits per heavy atom. The lowest BCUT2D eigenvalue weighted by Crippen LogP contribution is -2.20. The maximum atomic E-state index is 12.0. The molecule has 1 aromatic heterocycles. The van der Waals surface area contributed by atoms with Crippen LogP contribution in [0.2, 0.25) is 5.02 Å². The normalized spacial score (nSPS) is 10.2. The fourth-order valence-corrected chi connectivity index (χ4v) is 1.75. The summed E-state index contributed by atoms with van der Waals surface area (Å²) in [6.07, 6.45) is 1.53. The molecule has 0 atom stereocenters. The summed E-state index contributed by atoms with van der Waals surface area (Å²) in [6, 6.07) is 7.60. The number of carbonyl (C=O) groups is 1. The molecule has 6 heteroatoms. The molecule has 0 saturated carbocycles. The number of halogens is 1. The van der Waals surface area contributed by atoms with Crippen LogP contribution in [0, 0.1) is 0 Å². The van der Waals surface area contributed by atoms with E-state index in [1.165, 1.54) is 16.8 Å². The van der Waals surface area contributed by atoms with Crippen molar-refractivity contribution in [3.8, 4) is 0 Å². The number of carbonyl (C=O) groups excluding carboxylic acids is 1. The van der Waals surface area contributed by atoms with E-state index in [4.69, 9.17) is 17.3 Å². The molecule has 1 aromatic carbocycles. The minimum atomic E-state index is -0.399. The molecule has 0 spiro atoms. The standard InChI is InChI=1S/C13H12ClN3O2/c1-17-5-4-8(6-12(17)18)13(19)16-11-3-2-9(15)7-10(11)14/h2-7H,15H2,1H3,(H,16,19). The summed E-state index contributed by atoms with van der Waals surface area (Å²) in [6.45, 7) is 0. The summed E-state index contributed by atoms with van der Waals surface area (Å²) >= 11 is 5.96. The second kappa shape index (κ2) is 5.16. The molecule has 98 valence electrons. The molecular weight excluding hydrogens is 266 g/mol. The number of hydrogen-bond donors (Lipinski definition) is 2. The summed E-state index contributed by atoms with van der Waals surface area (Å²) in [5.41, 5.74) is 6.54. The fraction of sp³-hybridized carbons (Fsp3) is 0.0769. The molecule has 2 aromatic rings. The van der Waals surface area contributed by atoms with Crippen LogP contribution in [0.5, 0.6) is 0 Å². The number of pyridine rings is 1. The third kappa shape index (κ3) is 2.95. The molecule has 1 heterocycles. The van der Waals surface area contributed by atoms with E-state index in [1.54, 1.807) is 31.3 Å². The predicted molar refractivity (Wildman–Crippen MR) is 75.5 cm³/mol. The van der Waals surface area contributed by atoms with Crippen molar-refractivity contribution in [2.45, 2.75) is 0 Å². The molecule has 2 rings (SSSR count). The molecule has 0 aliphatic rings. The largest absolute Gasteiger partial charge is 0.399 e. The van der Waals surface area contributed by atoms with Crippen molar-refractivity contribution < 1.29 is 4.79 Å². The highest BCUT2D eigenvalue weighted by molar-refractivity contribution is 6.34. The first kappa shape index (κ1) is 13.2. The molecule has 0 radical (unpaired) electrons.